The van der Waals surface area contributed by atoms with Crippen LogP contribution in [0.2, 0.25) is 0 Å². The lowest BCUT2D eigenvalue weighted by Gasteiger charge is -2.09. The van der Waals surface area contributed by atoms with E-state index in [1.807, 2.05) is 24.3 Å². The first kappa shape index (κ1) is 15.5. The number of aromatic carboxylic acids is 1. The number of carboxylic acid groups (broad SMARTS) is 1. The molecule has 6 heteroatoms. The number of methoxy groups -OCH3 is 1. The van der Waals surface area contributed by atoms with Gasteiger partial charge in [-0.1, -0.05) is 18.2 Å². The van der Waals surface area contributed by atoms with Gasteiger partial charge in [-0.15, -0.1) is 0 Å². The fraction of sp³-hybridized carbons (Fsp3) is 0.188. The number of nitrogens with one attached hydrogen (secondary N) is 1. The van der Waals surface area contributed by atoms with Gasteiger partial charge in [0.05, 0.1) is 12.7 Å². The van der Waals surface area contributed by atoms with Crippen molar-refractivity contribution in [3.05, 3.63) is 58.9 Å². The normalized spacial score (nSPS) is 10.1. The third-order valence-electron chi connectivity index (χ3n) is 3.15. The molecule has 2 N–H and O–H groups in total. The maximum atomic E-state index is 11.7. The number of hydrogen-bond donors (Lipinski definition) is 2. The van der Waals surface area contributed by atoms with Crippen LogP contribution in [0.4, 0.5) is 0 Å². The Morgan fingerprint density at radius 2 is 2.00 bits per heavy atom. The van der Waals surface area contributed by atoms with Crippen LogP contribution >= 0.6 is 0 Å². The minimum absolute atomic E-state index is 0.0264. The maximum absolute atomic E-state index is 11.7. The van der Waals surface area contributed by atoms with Gasteiger partial charge >= 0.3 is 5.97 Å². The average Bonchev–Trinajstić information content (AvgIpc) is 2.54. The van der Waals surface area contributed by atoms with Gasteiger partial charge in [-0.25, -0.2) is 9.78 Å². The molecule has 6 nitrogen and oxygen atoms in total. The molecule has 0 aliphatic heterocycles. The molecular weight excluding hydrogens is 284 g/mol. The van der Waals surface area contributed by atoms with Crippen LogP contribution in [-0.2, 0) is 6.42 Å². The smallest absolute Gasteiger partial charge is 0.335 e. The van der Waals surface area contributed by atoms with Crippen LogP contribution in [0.3, 0.4) is 0 Å². The number of nitrogens with zero attached hydrogens (tertiary/aromatic N) is 1. The molecule has 2 aromatic rings. The molecule has 1 aromatic carbocycles. The molecule has 0 saturated heterocycles. The van der Waals surface area contributed by atoms with Gasteiger partial charge in [0.1, 0.15) is 11.4 Å². The van der Waals surface area contributed by atoms with Crippen LogP contribution in [0.25, 0.3) is 0 Å². The van der Waals surface area contributed by atoms with Gasteiger partial charge in [-0.2, -0.15) is 0 Å². The van der Waals surface area contributed by atoms with Gasteiger partial charge in [0.25, 0.3) is 5.91 Å². The number of para-hydroxylation sites is 1. The zero-order valence-electron chi connectivity index (χ0n) is 12.3. The minimum atomic E-state index is -1.10. The fourth-order valence-corrected chi connectivity index (χ4v) is 2.09. The molecule has 0 fully saturated rings. The van der Waals surface area contributed by atoms with Crippen molar-refractivity contribution in [1.29, 1.82) is 0 Å². The lowest BCUT2D eigenvalue weighted by Crippen LogP contribution is -2.20. The maximum Gasteiger partial charge on any atom is 0.335 e. The standard InChI is InChI=1S/C16H16N2O4/c1-17-15(19)13-9-11(16(20)21)8-12(18-13)7-10-5-3-4-6-14(10)22-2/h3-6,8-9H,7H2,1-2H3,(H,17,19)(H,20,21). The Balaban J connectivity index is 2.43. The summed E-state index contributed by atoms with van der Waals surface area (Å²) in [5.74, 6) is -0.843. The summed E-state index contributed by atoms with van der Waals surface area (Å²) in [6, 6.07) is 10.1. The molecular formula is C16H16N2O4. The van der Waals surface area contributed by atoms with Crippen LogP contribution in [0.5, 0.6) is 5.75 Å². The Hall–Kier alpha value is -2.89. The van der Waals surface area contributed by atoms with Crippen LogP contribution < -0.4 is 10.1 Å². The molecule has 0 atom stereocenters. The van der Waals surface area contributed by atoms with Crippen LogP contribution in [-0.4, -0.2) is 36.1 Å². The van der Waals surface area contributed by atoms with E-state index in [4.69, 9.17) is 4.74 Å². The molecule has 0 saturated carbocycles. The average molecular weight is 300 g/mol. The summed E-state index contributed by atoms with van der Waals surface area (Å²) < 4.78 is 5.27. The number of aromatic nitrogens is 1. The first-order chi connectivity index (χ1) is 10.5. The van der Waals surface area contributed by atoms with Crippen molar-refractivity contribution in [3.8, 4) is 5.75 Å². The van der Waals surface area contributed by atoms with Crippen molar-refractivity contribution >= 4 is 11.9 Å². The van der Waals surface area contributed by atoms with Crippen molar-refractivity contribution in [3.63, 3.8) is 0 Å². The summed E-state index contributed by atoms with van der Waals surface area (Å²) in [7, 11) is 3.03. The summed E-state index contributed by atoms with van der Waals surface area (Å²) in [6.45, 7) is 0. The van der Waals surface area contributed by atoms with E-state index >= 15 is 0 Å². The lowest BCUT2D eigenvalue weighted by molar-refractivity contribution is 0.0696. The quantitative estimate of drug-likeness (QED) is 0.878. The molecule has 22 heavy (non-hydrogen) atoms. The lowest BCUT2D eigenvalue weighted by atomic mass is 10.1. The van der Waals surface area contributed by atoms with Crippen LogP contribution in [0.15, 0.2) is 36.4 Å². The predicted octanol–water partition coefficient (Wildman–Crippen LogP) is 1.74. The van der Waals surface area contributed by atoms with Crippen molar-refractivity contribution in [2.75, 3.05) is 14.2 Å². The Kier molecular flexibility index (Phi) is 4.73. The van der Waals surface area contributed by atoms with Gasteiger partial charge in [0.2, 0.25) is 0 Å². The number of carbonyl (C=O) groups excluding carboxylic acids is 1. The highest BCUT2D eigenvalue weighted by atomic mass is 16.5. The molecule has 0 aliphatic carbocycles. The van der Waals surface area contributed by atoms with E-state index in [1.54, 1.807) is 7.11 Å². The van der Waals surface area contributed by atoms with E-state index < -0.39 is 11.9 Å². The van der Waals surface area contributed by atoms with Crippen molar-refractivity contribution in [2.45, 2.75) is 6.42 Å². The van der Waals surface area contributed by atoms with Gasteiger partial charge in [-0.3, -0.25) is 4.79 Å². The summed E-state index contributed by atoms with van der Waals surface area (Å²) in [5, 5.41) is 11.6. The second-order valence-corrected chi connectivity index (χ2v) is 4.61. The van der Waals surface area contributed by atoms with E-state index in [0.717, 1.165) is 5.56 Å². The molecule has 2 rings (SSSR count). The molecule has 1 heterocycles. The van der Waals surface area contributed by atoms with Gasteiger partial charge < -0.3 is 15.2 Å². The zero-order valence-corrected chi connectivity index (χ0v) is 12.3. The summed E-state index contributed by atoms with van der Waals surface area (Å²) >= 11 is 0. The van der Waals surface area contributed by atoms with E-state index in [0.29, 0.717) is 17.9 Å². The van der Waals surface area contributed by atoms with Crippen molar-refractivity contribution in [2.24, 2.45) is 0 Å². The van der Waals surface area contributed by atoms with Crippen LogP contribution in [0, 0.1) is 0 Å². The van der Waals surface area contributed by atoms with E-state index in [-0.39, 0.29) is 11.3 Å². The molecule has 0 unspecified atom stereocenters. The number of benzene rings is 1. The Morgan fingerprint density at radius 3 is 2.64 bits per heavy atom. The Bertz CT molecular complexity index is 713. The molecule has 0 spiro atoms. The highest BCUT2D eigenvalue weighted by molar-refractivity contribution is 5.95. The van der Waals surface area contributed by atoms with Gasteiger partial charge in [0.15, 0.2) is 0 Å². The fourth-order valence-electron chi connectivity index (χ4n) is 2.09. The third kappa shape index (κ3) is 3.41. The largest absolute Gasteiger partial charge is 0.496 e. The highest BCUT2D eigenvalue weighted by Gasteiger charge is 2.14. The molecule has 0 radical (unpaired) electrons. The van der Waals surface area contributed by atoms with E-state index in [9.17, 15) is 14.7 Å². The Morgan fingerprint density at radius 1 is 1.27 bits per heavy atom. The molecule has 114 valence electrons. The topological polar surface area (TPSA) is 88.5 Å². The molecule has 0 aliphatic rings. The second-order valence-electron chi connectivity index (χ2n) is 4.61. The van der Waals surface area contributed by atoms with Crippen molar-refractivity contribution in [1.82, 2.24) is 10.3 Å². The first-order valence-corrected chi connectivity index (χ1v) is 6.63. The van der Waals surface area contributed by atoms with Gasteiger partial charge in [0, 0.05) is 24.7 Å². The number of carboxylic acids is 1. The summed E-state index contributed by atoms with van der Waals surface area (Å²) in [5.41, 5.74) is 1.46. The molecule has 0 bridgehead atoms. The number of hydrogen-bond acceptors (Lipinski definition) is 4. The predicted molar refractivity (Wildman–Crippen MR) is 80.4 cm³/mol. The Labute approximate surface area is 127 Å². The SMILES string of the molecule is CNC(=O)c1cc(C(=O)O)cc(Cc2ccccc2OC)n1. The monoisotopic (exact) mass is 300 g/mol. The second kappa shape index (κ2) is 6.71. The highest BCUT2D eigenvalue weighted by Crippen LogP contribution is 2.21. The third-order valence-corrected chi connectivity index (χ3v) is 3.15. The summed E-state index contributed by atoms with van der Waals surface area (Å²) in [4.78, 5) is 27.2. The number of ether oxygens (including phenoxy) is 1. The zero-order chi connectivity index (χ0) is 16.1. The van der Waals surface area contributed by atoms with Crippen molar-refractivity contribution < 1.29 is 19.4 Å². The van der Waals surface area contributed by atoms with Crippen LogP contribution in [0.1, 0.15) is 32.1 Å². The first-order valence-electron chi connectivity index (χ1n) is 6.63. The number of rotatable bonds is 5. The minimum Gasteiger partial charge on any atom is -0.496 e. The number of amides is 1. The number of pyridine rings is 1. The summed E-state index contributed by atoms with van der Waals surface area (Å²) in [6.07, 6.45) is 0.370. The number of carbonyl (C=O) groups is 2. The van der Waals surface area contributed by atoms with E-state index in [2.05, 4.69) is 10.3 Å². The van der Waals surface area contributed by atoms with E-state index in [1.165, 1.54) is 19.2 Å². The molecule has 1 amide bonds. The molecule has 1 aromatic heterocycles. The van der Waals surface area contributed by atoms with Gasteiger partial charge in [-0.05, 0) is 18.2 Å².